The van der Waals surface area contributed by atoms with E-state index in [9.17, 15) is 19.5 Å². The lowest BCUT2D eigenvalue weighted by Crippen LogP contribution is -2.22. The van der Waals surface area contributed by atoms with Crippen LogP contribution >= 0.6 is 0 Å². The fraction of sp³-hybridized carbons (Fsp3) is 0.182. The number of aryl methyl sites for hydroxylation is 1. The molecule has 2 aromatic carbocycles. The van der Waals surface area contributed by atoms with Crippen molar-refractivity contribution < 1.29 is 24.2 Å². The van der Waals surface area contributed by atoms with Crippen molar-refractivity contribution in [2.45, 2.75) is 19.8 Å². The van der Waals surface area contributed by atoms with Gasteiger partial charge < -0.3 is 15.2 Å². The number of para-hydroxylation sites is 1. The highest BCUT2D eigenvalue weighted by Gasteiger charge is 2.32. The summed E-state index contributed by atoms with van der Waals surface area (Å²) in [5.41, 5.74) is 3.12. The van der Waals surface area contributed by atoms with Crippen molar-refractivity contribution in [2.24, 2.45) is 5.10 Å². The van der Waals surface area contributed by atoms with E-state index in [2.05, 4.69) is 20.5 Å². The van der Waals surface area contributed by atoms with Gasteiger partial charge in [-0.15, -0.1) is 0 Å². The third-order valence-corrected chi connectivity index (χ3v) is 4.59. The molecule has 0 unspecified atom stereocenters. The largest absolute Gasteiger partial charge is 0.481 e. The number of hydrogen-bond donors (Lipinski definition) is 3. The number of rotatable bonds is 7. The normalized spacial score (nSPS) is 14.4. The minimum absolute atomic E-state index is 0.149. The second-order valence-corrected chi connectivity index (χ2v) is 6.61. The van der Waals surface area contributed by atoms with E-state index >= 15 is 0 Å². The average Bonchev–Trinajstić information content (AvgIpc) is 3.07. The third-order valence-electron chi connectivity index (χ3n) is 4.59. The number of methoxy groups -OCH3 is 1. The molecule has 9 nitrogen and oxygen atoms in total. The molecule has 0 bridgehead atoms. The van der Waals surface area contributed by atoms with Gasteiger partial charge in [0.2, 0.25) is 0 Å². The van der Waals surface area contributed by atoms with Crippen molar-refractivity contribution in [2.75, 3.05) is 22.8 Å². The van der Waals surface area contributed by atoms with Gasteiger partial charge in [0, 0.05) is 17.6 Å². The Bertz CT molecular complexity index is 1060. The van der Waals surface area contributed by atoms with Gasteiger partial charge >= 0.3 is 12.1 Å². The van der Waals surface area contributed by atoms with Crippen LogP contribution in [0.3, 0.4) is 0 Å². The van der Waals surface area contributed by atoms with E-state index in [4.69, 9.17) is 0 Å². The average molecular weight is 422 g/mol. The molecule has 1 aliphatic heterocycles. The lowest BCUT2D eigenvalue weighted by atomic mass is 10.1. The molecule has 3 rings (SSSR count). The van der Waals surface area contributed by atoms with E-state index in [1.807, 2.05) is 31.2 Å². The van der Waals surface area contributed by atoms with Gasteiger partial charge in [-0.2, -0.15) is 10.1 Å². The summed E-state index contributed by atoms with van der Waals surface area (Å²) in [5.74, 6) is -1.54. The standard InChI is InChI=1S/C22H22N4O5/c1-3-14-6-4-5-7-18(14)23-13-17-19(12-20(27)28)25-26(21(17)29)16-10-8-15(9-11-16)24-22(30)31-2/h4-11,13,23H,3,12H2,1-2H3,(H,24,30)(H,27,28)/b17-13+. The summed E-state index contributed by atoms with van der Waals surface area (Å²) in [6.45, 7) is 2.02. The lowest BCUT2D eigenvalue weighted by Gasteiger charge is -2.13. The number of nitrogens with one attached hydrogen (secondary N) is 2. The molecule has 0 spiro atoms. The number of nitrogens with zero attached hydrogens (tertiary/aromatic N) is 2. The zero-order valence-corrected chi connectivity index (χ0v) is 17.1. The van der Waals surface area contributed by atoms with Gasteiger partial charge in [0.1, 0.15) is 0 Å². The zero-order valence-electron chi connectivity index (χ0n) is 17.1. The van der Waals surface area contributed by atoms with E-state index < -0.39 is 24.4 Å². The fourth-order valence-corrected chi connectivity index (χ4v) is 3.03. The van der Waals surface area contributed by atoms with Gasteiger partial charge in [-0.3, -0.25) is 14.9 Å². The number of carbonyl (C=O) groups excluding carboxylic acids is 2. The molecule has 1 heterocycles. The molecule has 2 amide bonds. The first-order chi connectivity index (χ1) is 14.9. The van der Waals surface area contributed by atoms with Gasteiger partial charge in [0.15, 0.2) is 0 Å². The molecule has 0 aliphatic carbocycles. The Morgan fingerprint density at radius 1 is 1.16 bits per heavy atom. The molecule has 0 saturated carbocycles. The van der Waals surface area contributed by atoms with Gasteiger partial charge in [-0.1, -0.05) is 25.1 Å². The summed E-state index contributed by atoms with van der Waals surface area (Å²) in [4.78, 5) is 35.6. The Kier molecular flexibility index (Phi) is 6.66. The van der Waals surface area contributed by atoms with Crippen LogP contribution in [0.1, 0.15) is 18.9 Å². The van der Waals surface area contributed by atoms with Crippen LogP contribution in [0.25, 0.3) is 0 Å². The lowest BCUT2D eigenvalue weighted by molar-refractivity contribution is -0.135. The Hall–Kier alpha value is -4.14. The van der Waals surface area contributed by atoms with Crippen LogP contribution in [-0.2, 0) is 20.7 Å². The molecule has 3 N–H and O–H groups in total. The fourth-order valence-electron chi connectivity index (χ4n) is 3.03. The molecule has 0 atom stereocenters. The molecule has 1 aliphatic rings. The minimum atomic E-state index is -1.09. The van der Waals surface area contributed by atoms with Crippen molar-refractivity contribution in [1.29, 1.82) is 0 Å². The molecule has 2 aromatic rings. The van der Waals surface area contributed by atoms with Crippen molar-refractivity contribution in [3.8, 4) is 0 Å². The number of carbonyl (C=O) groups is 3. The highest BCUT2D eigenvalue weighted by atomic mass is 16.5. The summed E-state index contributed by atoms with van der Waals surface area (Å²) in [6.07, 6.45) is 1.28. The molecule has 0 aromatic heterocycles. The number of carboxylic acids is 1. The molecule has 31 heavy (non-hydrogen) atoms. The second kappa shape index (κ2) is 9.57. The van der Waals surface area contributed by atoms with Crippen LogP contribution in [0.15, 0.2) is 65.4 Å². The van der Waals surface area contributed by atoms with Crippen molar-refractivity contribution in [3.05, 3.63) is 65.9 Å². The molecule has 0 saturated heterocycles. The molecular weight excluding hydrogens is 400 g/mol. The van der Waals surface area contributed by atoms with Crippen LogP contribution in [0.4, 0.5) is 21.9 Å². The van der Waals surface area contributed by atoms with Gasteiger partial charge in [-0.25, -0.2) is 4.79 Å². The van der Waals surface area contributed by atoms with Gasteiger partial charge in [0.05, 0.1) is 30.5 Å². The minimum Gasteiger partial charge on any atom is -0.481 e. The number of benzene rings is 2. The summed E-state index contributed by atoms with van der Waals surface area (Å²) in [6, 6.07) is 14.0. The van der Waals surface area contributed by atoms with E-state index in [0.29, 0.717) is 11.4 Å². The van der Waals surface area contributed by atoms with Crippen LogP contribution < -0.4 is 15.6 Å². The van der Waals surface area contributed by atoms with Gasteiger partial charge in [0.25, 0.3) is 5.91 Å². The number of anilines is 3. The maximum absolute atomic E-state index is 13.0. The number of ether oxygens (including phenoxy) is 1. The Morgan fingerprint density at radius 2 is 1.87 bits per heavy atom. The summed E-state index contributed by atoms with van der Waals surface area (Å²) in [5, 5.41) is 20.2. The van der Waals surface area contributed by atoms with Crippen LogP contribution in [0, 0.1) is 0 Å². The number of carboxylic acid groups (broad SMARTS) is 1. The van der Waals surface area contributed by atoms with Crippen LogP contribution in [0.2, 0.25) is 0 Å². The molecule has 160 valence electrons. The second-order valence-electron chi connectivity index (χ2n) is 6.61. The molecular formula is C22H22N4O5. The van der Waals surface area contributed by atoms with Crippen LogP contribution in [0.5, 0.6) is 0 Å². The predicted octanol–water partition coefficient (Wildman–Crippen LogP) is 3.60. The number of hydrogen-bond acceptors (Lipinski definition) is 6. The third kappa shape index (κ3) is 5.08. The number of amides is 2. The summed E-state index contributed by atoms with van der Waals surface area (Å²) < 4.78 is 4.54. The molecule has 0 radical (unpaired) electrons. The van der Waals surface area contributed by atoms with Crippen molar-refractivity contribution in [1.82, 2.24) is 0 Å². The Morgan fingerprint density at radius 3 is 2.52 bits per heavy atom. The van der Waals surface area contributed by atoms with Crippen molar-refractivity contribution >= 4 is 40.7 Å². The van der Waals surface area contributed by atoms with E-state index in [1.165, 1.54) is 13.3 Å². The Balaban J connectivity index is 1.86. The van der Waals surface area contributed by atoms with Gasteiger partial charge in [-0.05, 0) is 42.3 Å². The molecule has 0 fully saturated rings. The Labute approximate surface area is 179 Å². The highest BCUT2D eigenvalue weighted by Crippen LogP contribution is 2.27. The highest BCUT2D eigenvalue weighted by molar-refractivity contribution is 6.32. The quantitative estimate of drug-likeness (QED) is 0.587. The number of hydrazone groups is 1. The topological polar surface area (TPSA) is 120 Å². The smallest absolute Gasteiger partial charge is 0.411 e. The first-order valence-corrected chi connectivity index (χ1v) is 9.56. The summed E-state index contributed by atoms with van der Waals surface area (Å²) >= 11 is 0. The first-order valence-electron chi connectivity index (χ1n) is 9.56. The monoisotopic (exact) mass is 422 g/mol. The van der Waals surface area contributed by atoms with Crippen LogP contribution in [-0.4, -0.2) is 35.9 Å². The van der Waals surface area contributed by atoms with E-state index in [0.717, 1.165) is 22.7 Å². The first kappa shape index (κ1) is 21.6. The SMILES string of the molecule is CCc1ccccc1N/C=C1/C(=O)N(c2ccc(NC(=O)OC)cc2)N=C1CC(=O)O. The van der Waals surface area contributed by atoms with E-state index in [-0.39, 0.29) is 11.3 Å². The summed E-state index contributed by atoms with van der Waals surface area (Å²) in [7, 11) is 1.26. The predicted molar refractivity (Wildman–Crippen MR) is 117 cm³/mol. The molecule has 9 heteroatoms. The number of aliphatic carboxylic acids is 1. The van der Waals surface area contributed by atoms with E-state index in [1.54, 1.807) is 24.3 Å². The van der Waals surface area contributed by atoms with Crippen molar-refractivity contribution in [3.63, 3.8) is 0 Å². The maximum atomic E-state index is 13.0. The zero-order chi connectivity index (χ0) is 22.4. The maximum Gasteiger partial charge on any atom is 0.411 e.